The van der Waals surface area contributed by atoms with Gasteiger partial charge in [-0.05, 0) is 250 Å². The van der Waals surface area contributed by atoms with E-state index in [1.54, 1.807) is 11.1 Å². The molecule has 0 spiro atoms. The van der Waals surface area contributed by atoms with Crippen molar-refractivity contribution in [2.24, 2.45) is 92.7 Å². The summed E-state index contributed by atoms with van der Waals surface area (Å²) in [5.41, 5.74) is 4.71. The number of allylic oxidation sites excluding steroid dienone is 2. The molecule has 0 aromatic rings. The van der Waals surface area contributed by atoms with Gasteiger partial charge in [0.1, 0.15) is 12.2 Å². The summed E-state index contributed by atoms with van der Waals surface area (Å²) in [7, 11) is 1.16. The van der Waals surface area contributed by atoms with Gasteiger partial charge in [0.25, 0.3) is 8.53 Å². The number of nitrogens with zero attached hydrogens (tertiary/aromatic N) is 2. The lowest BCUT2D eigenvalue weighted by Gasteiger charge is -2.58. The molecule has 19 atom stereocenters. The van der Waals surface area contributed by atoms with Gasteiger partial charge >= 0.3 is 11.9 Å². The Bertz CT molecular complexity index is 2710. The van der Waals surface area contributed by atoms with E-state index in [-0.39, 0.29) is 98.9 Å². The number of hydrogen-bond donors (Lipinski definition) is 5. The Morgan fingerprint density at radius 2 is 1.00 bits per heavy atom. The smallest absolute Gasteiger partial charge is 0.306 e. The maximum absolute atomic E-state index is 13.0. The van der Waals surface area contributed by atoms with Crippen LogP contribution in [0.5, 0.6) is 0 Å². The number of carbonyl (C=O) groups is 4. The number of ether oxygens (including phenoxy) is 2. The summed E-state index contributed by atoms with van der Waals surface area (Å²) >= 11 is 0. The zero-order chi connectivity index (χ0) is 79.1. The quantitative estimate of drug-likeness (QED) is 0.0168. The summed E-state index contributed by atoms with van der Waals surface area (Å²) in [5.74, 6) is 9.69. The number of rotatable bonds is 38. The maximum Gasteiger partial charge on any atom is 0.306 e. The minimum atomic E-state index is -1.42. The van der Waals surface area contributed by atoms with Gasteiger partial charge in [0.15, 0.2) is 0 Å². The number of fused-ring (bicyclic) bond motifs is 10. The number of carbonyl (C=O) groups excluding carboxylic acids is 4. The van der Waals surface area contributed by atoms with Crippen molar-refractivity contribution < 1.29 is 55.8 Å². The van der Waals surface area contributed by atoms with E-state index in [1.165, 1.54) is 117 Å². The average molecular weight is 1470 g/mol. The van der Waals surface area contributed by atoms with Crippen molar-refractivity contribution in [2.75, 3.05) is 34.0 Å². The van der Waals surface area contributed by atoms with Crippen molar-refractivity contribution in [1.29, 1.82) is 8.12 Å². The lowest BCUT2D eigenvalue weighted by atomic mass is 9.47. The monoisotopic (exact) mass is 1470 g/mol. The van der Waals surface area contributed by atoms with E-state index in [9.17, 15) is 19.2 Å². The van der Waals surface area contributed by atoms with Crippen molar-refractivity contribution in [3.8, 4) is 6.07 Å². The SMILES string of the molecule is [2H]CC(CO)NC(=O)CCCCCCC(=O)O[C@H]1CC[C@@]2(C)C(=CCC3C2CC[C@@]2(C)C3CC[C@@H]2[C@H](C)CCCC(C)C)C1.[2H]CC(COP(OCCC#N)N(C(C)C)C(C)C)NC(=O)CCCCCCC(=O)O[C@H]1CC[C@@]2(C)C(=CCC3C2CC[C@@]2(C)C3CC[C@@H]2[C@H](C)CCCC(C)C)C1.[3H]OC.[3H]OC. The fourth-order valence-electron chi connectivity index (χ4n) is 22.0. The predicted octanol–water partition coefficient (Wildman–Crippen LogP) is 20.1. The molecule has 2 amide bonds. The summed E-state index contributed by atoms with van der Waals surface area (Å²) < 4.78 is 53.0. The first-order valence-corrected chi connectivity index (χ1v) is 42.9. The molecule has 16 heteroatoms. The van der Waals surface area contributed by atoms with Crippen LogP contribution in [-0.4, -0.2) is 117 Å². The van der Waals surface area contributed by atoms with Crippen molar-refractivity contribution in [2.45, 2.75) is 372 Å². The predicted molar refractivity (Wildman–Crippen MR) is 421 cm³/mol. The van der Waals surface area contributed by atoms with Crippen molar-refractivity contribution >= 4 is 32.3 Å². The molecule has 0 aromatic heterocycles. The van der Waals surface area contributed by atoms with Gasteiger partial charge in [-0.3, -0.25) is 19.2 Å². The molecule has 0 aliphatic heterocycles. The molecule has 8 rings (SSSR count). The van der Waals surface area contributed by atoms with Gasteiger partial charge in [-0.25, -0.2) is 4.67 Å². The summed E-state index contributed by atoms with van der Waals surface area (Å²) in [6.45, 7) is 33.6. The molecule has 8 aliphatic carbocycles. The van der Waals surface area contributed by atoms with Gasteiger partial charge in [0.2, 0.25) is 14.7 Å². The molecule has 5 N–H and O–H groups in total. The van der Waals surface area contributed by atoms with Crippen LogP contribution in [0.2, 0.25) is 0 Å². The van der Waals surface area contributed by atoms with E-state index >= 15 is 0 Å². The highest BCUT2D eigenvalue weighted by Gasteiger charge is 2.61. The molecule has 0 heterocycles. The fraction of sp³-hybridized carbons (Fsp3) is 0.897. The minimum absolute atomic E-state index is 0.00175. The Balaban J connectivity index is 0.000000367. The fourth-order valence-corrected chi connectivity index (χ4v) is 23.6. The number of aliphatic hydroxyl groups excluding tert-OH is 3. The summed E-state index contributed by atoms with van der Waals surface area (Å²) in [5, 5.41) is 30.7. The number of aliphatic hydroxyl groups is 3. The van der Waals surface area contributed by atoms with E-state index in [0.717, 1.165) is 161 Å². The standard InChI is InChI=1S/C47H82N3O5P.C38H65NO4.2CH4O/c1-33(2)17-15-18-36(7)41-23-24-42-40-22-21-38-31-39(25-27-46(38,9)43(40)26-28-47(41,42)10)55-45(52)20-14-12-11-13-19-44(51)49-37(8)32-54-56(53-30-16-29-48)50(34(3)4)35(5)6;1-26(2)12-11-13-27(3)32-18-19-33-31-17-16-29-24-30(20-22-37(29,5)34(31)21-23-38(32,33)6)43-36(42)15-10-8-7-9-14-35(41)39-28(4)25-40;2*1-2/h21,33-37,39-43H,11-20,22-28,30-32H2,1-10H3,(H,49,51);16,26-28,30-34,40H,7-15,17-25H2,1-6H3,(H,39,41);2*2H,1H3/t36-,37?,39+,40?,41-,42?,43?,46+,47-,56?;27-,28?,30+,31?,32-,33?,34?,37+,38-;;/m11../s1/i8D;4D;2*2T. The Hall–Kier alpha value is -2.96. The van der Waals surface area contributed by atoms with E-state index in [1.807, 2.05) is 0 Å². The Morgan fingerprint density at radius 3 is 1.39 bits per heavy atom. The van der Waals surface area contributed by atoms with Crippen LogP contribution in [0, 0.1) is 104 Å². The number of amides is 2. The molecule has 15 nitrogen and oxygen atoms in total. The Morgan fingerprint density at radius 1 is 0.583 bits per heavy atom. The van der Waals surface area contributed by atoms with Crippen LogP contribution in [0.3, 0.4) is 0 Å². The van der Waals surface area contributed by atoms with E-state index in [0.29, 0.717) is 36.5 Å². The molecule has 9 unspecified atom stereocenters. The molecule has 594 valence electrons. The molecule has 6 fully saturated rings. The van der Waals surface area contributed by atoms with Gasteiger partial charge < -0.3 is 44.5 Å². The van der Waals surface area contributed by atoms with Gasteiger partial charge in [0, 0.05) is 79.7 Å². The topological polar surface area (TPSA) is 217 Å². The first-order chi connectivity index (χ1) is 51.0. The summed E-state index contributed by atoms with van der Waals surface area (Å²) in [4.78, 5) is 50.3. The van der Waals surface area contributed by atoms with Crippen LogP contribution in [0.1, 0.15) is 338 Å². The molecular formula is C87H155N4O11P. The average Bonchev–Trinajstić information content (AvgIpc) is 1.71. The number of esters is 2. The second-order valence-corrected chi connectivity index (χ2v) is 37.1. The number of unbranched alkanes of at least 4 members (excludes halogenated alkanes) is 6. The van der Waals surface area contributed by atoms with Crippen LogP contribution < -0.4 is 10.6 Å². The highest BCUT2D eigenvalue weighted by Crippen LogP contribution is 2.69. The molecule has 0 radical (unpaired) electrons. The van der Waals surface area contributed by atoms with E-state index in [2.05, 4.69) is 141 Å². The zero-order valence-electron chi connectivity index (χ0n) is 72.2. The third-order valence-corrected chi connectivity index (χ3v) is 29.3. The van der Waals surface area contributed by atoms with Crippen molar-refractivity contribution in [3.05, 3.63) is 23.3 Å². The molecule has 6 saturated carbocycles. The second-order valence-electron chi connectivity index (χ2n) is 35.7. The van der Waals surface area contributed by atoms with E-state index in [4.69, 9.17) is 34.5 Å². The summed E-state index contributed by atoms with van der Waals surface area (Å²) in [6.07, 6.45) is 41.8. The van der Waals surface area contributed by atoms with E-state index < -0.39 is 20.6 Å². The van der Waals surface area contributed by atoms with Crippen LogP contribution in [0.15, 0.2) is 23.3 Å². The van der Waals surface area contributed by atoms with Crippen molar-refractivity contribution in [1.82, 2.24) is 15.3 Å². The van der Waals surface area contributed by atoms with Gasteiger partial charge in [-0.2, -0.15) is 5.26 Å². The lowest BCUT2D eigenvalue weighted by molar-refractivity contribution is -0.152. The molecule has 0 bridgehead atoms. The lowest BCUT2D eigenvalue weighted by Crippen LogP contribution is -2.51. The first-order valence-electron chi connectivity index (χ1n) is 44.0. The first kappa shape index (κ1) is 84.1. The third kappa shape index (κ3) is 25.6. The molecule has 0 saturated heterocycles. The largest absolute Gasteiger partial charge is 0.462 e. The number of nitrogens with one attached hydrogen (secondary N) is 2. The Kier molecular flexibility index (Phi) is 36.4. The van der Waals surface area contributed by atoms with Gasteiger partial charge in [-0.1, -0.05) is 157 Å². The number of hydrogen-bond acceptors (Lipinski definition) is 13. The Labute approximate surface area is 636 Å². The molecular weight excluding hydrogens is 1310 g/mol. The molecule has 0 aromatic carbocycles. The maximum atomic E-state index is 13.0. The van der Waals surface area contributed by atoms with Gasteiger partial charge in [-0.15, -0.1) is 0 Å². The molecule has 8 aliphatic rings. The van der Waals surface area contributed by atoms with Gasteiger partial charge in [0.05, 0.1) is 32.3 Å². The normalized spacial score (nSPS) is 31.7. The van der Waals surface area contributed by atoms with Crippen molar-refractivity contribution in [3.63, 3.8) is 0 Å². The van der Waals surface area contributed by atoms with Crippen LogP contribution >= 0.6 is 8.53 Å². The summed E-state index contributed by atoms with van der Waals surface area (Å²) in [6, 6.07) is 1.56. The molecule has 103 heavy (non-hydrogen) atoms. The van der Waals surface area contributed by atoms with Crippen LogP contribution in [-0.2, 0) is 37.7 Å². The highest BCUT2D eigenvalue weighted by molar-refractivity contribution is 7.44. The zero-order valence-corrected chi connectivity index (χ0v) is 69.1. The van der Waals surface area contributed by atoms with Crippen LogP contribution in [0.25, 0.3) is 0 Å². The second kappa shape index (κ2) is 44.6. The third-order valence-electron chi connectivity index (χ3n) is 27.2. The minimum Gasteiger partial charge on any atom is -0.462 e. The van der Waals surface area contributed by atoms with Crippen LogP contribution in [0.4, 0.5) is 0 Å². The highest BCUT2D eigenvalue weighted by atomic mass is 31.2. The number of nitriles is 1.